The fourth-order valence-electron chi connectivity index (χ4n) is 0.493. The molecule has 0 bridgehead atoms. The molecule has 62 heavy (non-hydrogen) atoms. The van der Waals surface area contributed by atoms with Crippen LogP contribution in [-0.4, -0.2) is 138 Å². The van der Waals surface area contributed by atoms with Crippen LogP contribution in [0, 0.1) is 21.0 Å². The number of azide groups is 1. The second kappa shape index (κ2) is 137. The first-order valence-corrected chi connectivity index (χ1v) is 20.9. The third-order valence-electron chi connectivity index (χ3n) is 2.16. The molecule has 370 valence electrons. The molecule has 5 atom stereocenters. The van der Waals surface area contributed by atoms with Gasteiger partial charge in [0.25, 0.3) is 0 Å². The van der Waals surface area contributed by atoms with Gasteiger partial charge in [-0.05, 0) is 80.7 Å². The van der Waals surface area contributed by atoms with Crippen LogP contribution in [0.3, 0.4) is 0 Å². The largest absolute Gasteiger partial charge is 2.00 e. The summed E-state index contributed by atoms with van der Waals surface area (Å²) in [5.74, 6) is 0.225. The number of aliphatic hydroxyl groups excluding tert-OH is 5. The van der Waals surface area contributed by atoms with Gasteiger partial charge in [-0.15, -0.1) is 36.7 Å². The van der Waals surface area contributed by atoms with Gasteiger partial charge in [-0.1, -0.05) is 55.8 Å². The van der Waals surface area contributed by atoms with Crippen molar-refractivity contribution in [2.45, 2.75) is 97.1 Å². The number of aldehydes is 1. The fourth-order valence-corrected chi connectivity index (χ4v) is 0.493. The summed E-state index contributed by atoms with van der Waals surface area (Å²) in [5.41, 5.74) is 32.4. The predicted octanol–water partition coefficient (Wildman–Crippen LogP) is 4.38. The quantitative estimate of drug-likeness (QED) is 0.0132. The van der Waals surface area contributed by atoms with E-state index < -0.39 is 22.6 Å². The Morgan fingerprint density at radius 1 is 0.871 bits per heavy atom. The van der Waals surface area contributed by atoms with Crippen LogP contribution in [0.4, 0.5) is 0 Å². The minimum atomic E-state index is -0.750. The van der Waals surface area contributed by atoms with Crippen LogP contribution in [0.5, 0.6) is 0 Å². The number of ketones is 3. The first kappa shape index (κ1) is 120. The molecule has 0 spiro atoms. The summed E-state index contributed by atoms with van der Waals surface area (Å²) in [4.78, 5) is 45.0. The van der Waals surface area contributed by atoms with E-state index in [-0.39, 0.29) is 159 Å². The first-order valence-electron chi connectivity index (χ1n) is 14.7. The van der Waals surface area contributed by atoms with Gasteiger partial charge in [0, 0.05) is 79.1 Å². The molecule has 0 heterocycles. The van der Waals surface area contributed by atoms with Crippen LogP contribution in [0.15, 0.2) is 10.1 Å². The summed E-state index contributed by atoms with van der Waals surface area (Å²) in [6.07, 6.45) is 0.380. The van der Waals surface area contributed by atoms with Gasteiger partial charge in [-0.25, -0.2) is 0 Å². The van der Waals surface area contributed by atoms with Gasteiger partial charge in [0.1, 0.15) is 17.3 Å². The maximum atomic E-state index is 9.94. The molecule has 0 fully saturated rings. The molecule has 0 aliphatic carbocycles. The van der Waals surface area contributed by atoms with Gasteiger partial charge in [0.2, 0.25) is 0 Å². The topological polar surface area (TPSA) is 414 Å². The molecule has 0 aliphatic heterocycles. The van der Waals surface area contributed by atoms with Crippen molar-refractivity contribution in [2.24, 2.45) is 15.8 Å². The Balaban J connectivity index is -0.0000000213. The Labute approximate surface area is 489 Å². The monoisotopic (exact) mass is 1790 g/mol. The number of aliphatic hydroxyl groups is 5. The Morgan fingerprint density at radius 3 is 1.11 bits per heavy atom. The predicted molar refractivity (Wildman–Crippen MR) is 260 cm³/mol. The van der Waals surface area contributed by atoms with Crippen molar-refractivity contribution in [3.63, 3.8) is 0 Å². The van der Waals surface area contributed by atoms with Gasteiger partial charge < -0.3 is 80.3 Å². The van der Waals surface area contributed by atoms with Crippen LogP contribution in [-0.2, 0) is 82.4 Å². The first-order chi connectivity index (χ1) is 26.2. The molecule has 0 aromatic rings. The van der Waals surface area contributed by atoms with Gasteiger partial charge in [-0.2, -0.15) is 13.3 Å². The van der Waals surface area contributed by atoms with Crippen LogP contribution in [0.2, 0.25) is 0 Å². The van der Waals surface area contributed by atoms with E-state index in [1.165, 1.54) is 45.7 Å². The number of nitrogens with two attached hydrogens (primary N) is 1. The Hall–Kier alpha value is 2.08. The summed E-state index contributed by atoms with van der Waals surface area (Å²) in [7, 11) is 6.45. The van der Waals surface area contributed by atoms with Crippen LogP contribution in [0.25, 0.3) is 37.6 Å². The van der Waals surface area contributed by atoms with Crippen molar-refractivity contribution >= 4 is 139 Å². The molecule has 22 nitrogen and oxygen atoms in total. The van der Waals surface area contributed by atoms with E-state index in [4.69, 9.17) is 109 Å². The van der Waals surface area contributed by atoms with E-state index in [1.54, 1.807) is 27.7 Å². The molecule has 0 radical (unpaired) electrons. The molecule has 0 saturated heterocycles. The van der Waals surface area contributed by atoms with Crippen LogP contribution < -0.4 is 40.6 Å². The van der Waals surface area contributed by atoms with Crippen molar-refractivity contribution in [2.75, 3.05) is 31.5 Å². The Morgan fingerprint density at radius 2 is 1.10 bits per heavy atom. The second-order valence-corrected chi connectivity index (χ2v) is 11.3. The number of carbonyl (C=O) groups is 4. The normalized spacial score (nSPS) is 9.39. The summed E-state index contributed by atoms with van der Waals surface area (Å²) in [6, 6.07) is 0. The minimum absolute atomic E-state index is 0. The standard InChI is InChI=1S/C4H10NO.C4H8NO.C3H5BrO.C3H5N3O.C3H9NO.C3H8NO.C3H6NO.C3H6O.C2H3O.CHCl3.Br2.HI.N3.Na.H2O2.3W/c2*1-4(6)3-5-2;1-3(5)2-4;1-3(7)2-5-6-4;3*1-3(5)2-4;1-3(2)4;1-2-3;2-1(3)4;1-2;;1-3-2;;1-2;;;/h4-6H,2-3H2,1H3;3-4,6H,2H2,1H3;2H2,1H3;2H2,1H3;3,5H,2,4H2,1H3;3-5H,2H2,1H3;2-3,5H,1H3;1-2H3;2H,1H2;1H;;1H;;;1-2H;;;/q2*-1;;;;2*-1;;-1;;;;-1;+1;;;2*+2. The van der Waals surface area contributed by atoms with E-state index >= 15 is 0 Å². The number of halogens is 7. The van der Waals surface area contributed by atoms with E-state index in [9.17, 15) is 14.4 Å². The maximum absolute atomic E-state index is 9.94. The zero-order chi connectivity index (χ0) is 49.4. The molecule has 11 N–H and O–H groups in total. The fraction of sp³-hybridized carbons (Fsp3) is 0.690. The number of carbonyl (C=O) groups excluding carboxylic acids is 4. The number of hydrogen-bond acceptors (Lipinski definition) is 15. The Kier molecular flexibility index (Phi) is 266. The number of rotatable bonds is 9. The molecule has 0 aromatic heterocycles. The van der Waals surface area contributed by atoms with Crippen molar-refractivity contribution < 1.29 is 148 Å². The zero-order valence-corrected chi connectivity index (χ0v) is 56.3. The van der Waals surface area contributed by atoms with Crippen molar-refractivity contribution in [1.29, 1.82) is 0 Å². The van der Waals surface area contributed by atoms with E-state index in [2.05, 4.69) is 85.5 Å². The van der Waals surface area contributed by atoms with Crippen molar-refractivity contribution in [3.8, 4) is 0 Å². The van der Waals surface area contributed by atoms with Gasteiger partial charge in [-0.3, -0.25) is 32.1 Å². The summed E-state index contributed by atoms with van der Waals surface area (Å²) in [5, 5.41) is 67.1. The smallest absolute Gasteiger partial charge is 0.812 e. The summed E-state index contributed by atoms with van der Waals surface area (Å²) in [6.45, 7) is 17.8. The molecule has 33 heteroatoms. The van der Waals surface area contributed by atoms with Crippen LogP contribution >= 0.6 is 103 Å². The summed E-state index contributed by atoms with van der Waals surface area (Å²) < 4.78 is -0.750. The average Bonchev–Trinajstić information content (AvgIpc) is 3.10. The third kappa shape index (κ3) is 574. The Bertz CT molecular complexity index is 884. The molecule has 0 aliphatic rings. The van der Waals surface area contributed by atoms with Crippen molar-refractivity contribution in [3.05, 3.63) is 58.6 Å². The minimum Gasteiger partial charge on any atom is -0.812 e. The third-order valence-corrected chi connectivity index (χ3v) is 2.95. The number of nitrogens with one attached hydrogen (secondary N) is 2. The number of hydrogen-bond donors (Lipinski definition) is 9. The summed E-state index contributed by atoms with van der Waals surface area (Å²) >= 11 is 22.9. The van der Waals surface area contributed by atoms with Crippen LogP contribution in [0.1, 0.15) is 62.3 Å². The van der Waals surface area contributed by atoms with E-state index in [0.717, 1.165) is 6.21 Å². The van der Waals surface area contributed by atoms with Gasteiger partial charge >= 0.3 is 71.7 Å². The molecular formula is C29H64Br3Cl3IN11NaO11W3-. The number of Topliss-reactive ketones (excluding diaryl/α,β-unsaturated/α-hetero) is 3. The average molecular weight is 1790 g/mol. The van der Waals surface area contributed by atoms with Gasteiger partial charge in [0.15, 0.2) is 4.30 Å². The molecule has 0 rings (SSSR count). The molecule has 0 aromatic carbocycles. The SMILES string of the molecule is BrBr.CC(=O)CBr.CC(=O)CN=[N+]=[N-].CC(C)=O.CC(O)C=[N-].CC(O)CN.CC(O)C[NH-].ClC(Cl)Cl.I.OO.[CH2-]C=O.[CH2-]N=CC(C)O.[CH2-]NCC(C)O.[N-]=[N+]=[N-].[Na+].[W+2].[W+2].[W]. The zero-order valence-electron chi connectivity index (χ0n) is 36.2. The molecule has 0 amide bonds. The molecule has 5 unspecified atom stereocenters. The van der Waals surface area contributed by atoms with Gasteiger partial charge in [0.05, 0.1) is 24.1 Å². The number of alkyl halides is 4. The second-order valence-electron chi connectivity index (χ2n) is 8.74. The maximum Gasteiger partial charge on any atom is 2.00 e. The number of nitrogens with zero attached hydrogens (tertiary/aromatic N) is 8. The van der Waals surface area contributed by atoms with E-state index in [1.807, 2.05) is 0 Å². The molecule has 0 saturated carbocycles. The van der Waals surface area contributed by atoms with E-state index in [0.29, 0.717) is 24.7 Å². The molecular weight excluding hydrogens is 1730 g/mol. The van der Waals surface area contributed by atoms with Crippen molar-refractivity contribution in [1.82, 2.24) is 5.32 Å². The number of aliphatic imine (C=N–C) groups is 1.